The Balaban J connectivity index is 2.23. The molecule has 30 heavy (non-hydrogen) atoms. The van der Waals surface area contributed by atoms with Gasteiger partial charge in [0.25, 0.3) is 0 Å². The van der Waals surface area contributed by atoms with Gasteiger partial charge in [-0.1, -0.05) is 42.5 Å². The number of fused-ring (bicyclic) bond motifs is 1. The Bertz CT molecular complexity index is 1010. The van der Waals surface area contributed by atoms with Crippen molar-refractivity contribution in [3.63, 3.8) is 0 Å². The SMILES string of the molecule is COC(=O)/C=C(\C(=O)OC)N1C=Cc2ccccc2C1N(C(C)=O)c1ccccc1. The lowest BCUT2D eigenvalue weighted by Gasteiger charge is -2.41. The first-order valence-electron chi connectivity index (χ1n) is 9.26. The second-order valence-electron chi connectivity index (χ2n) is 6.49. The van der Waals surface area contributed by atoms with E-state index >= 15 is 0 Å². The third-order valence-corrected chi connectivity index (χ3v) is 4.70. The number of anilines is 1. The first-order valence-corrected chi connectivity index (χ1v) is 9.26. The molecule has 0 aromatic heterocycles. The molecule has 0 bridgehead atoms. The number of nitrogens with zero attached hydrogens (tertiary/aromatic N) is 2. The highest BCUT2D eigenvalue weighted by Crippen LogP contribution is 2.38. The maximum absolute atomic E-state index is 12.8. The lowest BCUT2D eigenvalue weighted by atomic mass is 9.98. The minimum Gasteiger partial charge on any atom is -0.466 e. The third kappa shape index (κ3) is 4.10. The van der Waals surface area contributed by atoms with Crippen molar-refractivity contribution in [2.75, 3.05) is 19.1 Å². The number of amides is 1. The van der Waals surface area contributed by atoms with E-state index in [1.807, 2.05) is 60.7 Å². The molecule has 7 nitrogen and oxygen atoms in total. The van der Waals surface area contributed by atoms with Crippen LogP contribution < -0.4 is 4.90 Å². The largest absolute Gasteiger partial charge is 0.466 e. The van der Waals surface area contributed by atoms with Crippen LogP contribution in [0.3, 0.4) is 0 Å². The average Bonchev–Trinajstić information content (AvgIpc) is 2.77. The van der Waals surface area contributed by atoms with E-state index in [1.54, 1.807) is 16.0 Å². The highest BCUT2D eigenvalue weighted by molar-refractivity contribution is 5.97. The fraction of sp³-hybridized carbons (Fsp3) is 0.174. The van der Waals surface area contributed by atoms with Gasteiger partial charge in [0.05, 0.1) is 20.3 Å². The monoisotopic (exact) mass is 406 g/mol. The predicted octanol–water partition coefficient (Wildman–Crippen LogP) is 3.25. The van der Waals surface area contributed by atoms with E-state index in [0.717, 1.165) is 17.2 Å². The molecule has 0 N–H and O–H groups in total. The number of esters is 2. The van der Waals surface area contributed by atoms with Gasteiger partial charge in [0.1, 0.15) is 11.9 Å². The molecule has 7 heteroatoms. The van der Waals surface area contributed by atoms with Crippen molar-refractivity contribution in [1.82, 2.24) is 4.90 Å². The van der Waals surface area contributed by atoms with E-state index < -0.39 is 18.1 Å². The zero-order chi connectivity index (χ0) is 21.7. The van der Waals surface area contributed by atoms with Crippen LogP contribution >= 0.6 is 0 Å². The zero-order valence-electron chi connectivity index (χ0n) is 16.9. The van der Waals surface area contributed by atoms with Crippen LogP contribution in [0.4, 0.5) is 5.69 Å². The molecule has 2 aromatic carbocycles. The fourth-order valence-electron chi connectivity index (χ4n) is 3.36. The van der Waals surface area contributed by atoms with Crippen molar-refractivity contribution in [3.05, 3.63) is 83.7 Å². The Labute approximate surface area is 174 Å². The number of hydrogen-bond acceptors (Lipinski definition) is 6. The highest BCUT2D eigenvalue weighted by atomic mass is 16.5. The quantitative estimate of drug-likeness (QED) is 0.560. The number of carbonyl (C=O) groups is 3. The third-order valence-electron chi connectivity index (χ3n) is 4.70. The maximum Gasteiger partial charge on any atom is 0.355 e. The smallest absolute Gasteiger partial charge is 0.355 e. The van der Waals surface area contributed by atoms with Gasteiger partial charge in [-0.05, 0) is 23.8 Å². The number of methoxy groups -OCH3 is 2. The van der Waals surface area contributed by atoms with Crippen molar-refractivity contribution < 1.29 is 23.9 Å². The molecule has 0 aliphatic carbocycles. The van der Waals surface area contributed by atoms with Crippen molar-refractivity contribution in [3.8, 4) is 0 Å². The summed E-state index contributed by atoms with van der Waals surface area (Å²) in [5, 5.41) is 0. The topological polar surface area (TPSA) is 76.2 Å². The molecular weight excluding hydrogens is 384 g/mol. The van der Waals surface area contributed by atoms with Gasteiger partial charge < -0.3 is 14.4 Å². The van der Waals surface area contributed by atoms with E-state index in [2.05, 4.69) is 0 Å². The molecule has 154 valence electrons. The summed E-state index contributed by atoms with van der Waals surface area (Å²) in [5.41, 5.74) is 2.27. The van der Waals surface area contributed by atoms with Crippen molar-refractivity contribution in [1.29, 1.82) is 0 Å². The number of benzene rings is 2. The molecule has 1 unspecified atom stereocenters. The zero-order valence-corrected chi connectivity index (χ0v) is 16.9. The number of para-hydroxylation sites is 1. The summed E-state index contributed by atoms with van der Waals surface area (Å²) >= 11 is 0. The number of carbonyl (C=O) groups excluding carboxylic acids is 3. The van der Waals surface area contributed by atoms with Gasteiger partial charge >= 0.3 is 11.9 Å². The number of ether oxygens (including phenoxy) is 2. The Morgan fingerprint density at radius 2 is 1.63 bits per heavy atom. The van der Waals surface area contributed by atoms with Crippen LogP contribution in [0.2, 0.25) is 0 Å². The average molecular weight is 406 g/mol. The van der Waals surface area contributed by atoms with Crippen LogP contribution in [0, 0.1) is 0 Å². The fourth-order valence-corrected chi connectivity index (χ4v) is 3.36. The summed E-state index contributed by atoms with van der Waals surface area (Å²) in [6.45, 7) is 1.45. The Hall–Kier alpha value is -3.87. The van der Waals surface area contributed by atoms with Gasteiger partial charge in [-0.15, -0.1) is 0 Å². The molecule has 1 atom stereocenters. The van der Waals surface area contributed by atoms with Crippen molar-refractivity contribution in [2.24, 2.45) is 0 Å². The van der Waals surface area contributed by atoms with Crippen LogP contribution in [0.1, 0.15) is 24.2 Å². The first-order chi connectivity index (χ1) is 14.5. The normalized spacial score (nSPS) is 15.2. The summed E-state index contributed by atoms with van der Waals surface area (Å²) in [6, 6.07) is 16.7. The molecule has 0 saturated carbocycles. The summed E-state index contributed by atoms with van der Waals surface area (Å²) in [6.07, 6.45) is 3.79. The van der Waals surface area contributed by atoms with Crippen molar-refractivity contribution >= 4 is 29.6 Å². The van der Waals surface area contributed by atoms with E-state index in [1.165, 1.54) is 21.1 Å². The summed E-state index contributed by atoms with van der Waals surface area (Å²) in [7, 11) is 2.45. The van der Waals surface area contributed by atoms with Gasteiger partial charge in [0.2, 0.25) is 5.91 Å². The number of hydrogen-bond donors (Lipinski definition) is 0. The second kappa shape index (κ2) is 9.09. The maximum atomic E-state index is 12.8. The molecule has 3 rings (SSSR count). The van der Waals surface area contributed by atoms with Crippen LogP contribution in [0.25, 0.3) is 6.08 Å². The molecule has 2 aromatic rings. The molecule has 0 fully saturated rings. The van der Waals surface area contributed by atoms with Crippen molar-refractivity contribution in [2.45, 2.75) is 13.1 Å². The van der Waals surface area contributed by atoms with Crippen LogP contribution in [0.5, 0.6) is 0 Å². The predicted molar refractivity (Wildman–Crippen MR) is 112 cm³/mol. The van der Waals surface area contributed by atoms with Gasteiger partial charge in [0, 0.05) is 24.4 Å². The first kappa shape index (κ1) is 20.9. The van der Waals surface area contributed by atoms with Gasteiger partial charge in [-0.2, -0.15) is 0 Å². The summed E-state index contributed by atoms with van der Waals surface area (Å²) in [4.78, 5) is 40.4. The van der Waals surface area contributed by atoms with E-state index in [0.29, 0.717) is 5.69 Å². The number of rotatable bonds is 5. The van der Waals surface area contributed by atoms with Gasteiger partial charge in [-0.25, -0.2) is 9.59 Å². The molecule has 0 spiro atoms. The van der Waals surface area contributed by atoms with E-state index in [9.17, 15) is 14.4 Å². The standard InChI is InChI=1S/C23H22N2O5/c1-16(26)25(18-10-5-4-6-11-18)22-19-12-8-7-9-17(19)13-14-24(22)20(23(28)30-3)15-21(27)29-2/h4-15,22H,1-3H3/b20-15+. The highest BCUT2D eigenvalue weighted by Gasteiger charge is 2.36. The van der Waals surface area contributed by atoms with E-state index in [4.69, 9.17) is 9.47 Å². The Morgan fingerprint density at radius 3 is 2.27 bits per heavy atom. The van der Waals surface area contributed by atoms with Crippen LogP contribution in [-0.2, 0) is 23.9 Å². The molecule has 1 aliphatic heterocycles. The summed E-state index contributed by atoms with van der Waals surface area (Å²) < 4.78 is 9.61. The van der Waals surface area contributed by atoms with Gasteiger partial charge in [0.15, 0.2) is 0 Å². The lowest BCUT2D eigenvalue weighted by Crippen LogP contribution is -2.44. The molecule has 1 aliphatic rings. The minimum absolute atomic E-state index is 0.0534. The molecule has 0 saturated heterocycles. The Kier molecular flexibility index (Phi) is 6.32. The Morgan fingerprint density at radius 1 is 0.967 bits per heavy atom. The molecule has 1 heterocycles. The van der Waals surface area contributed by atoms with E-state index in [-0.39, 0.29) is 11.6 Å². The molecule has 1 amide bonds. The molecular formula is C23H22N2O5. The lowest BCUT2D eigenvalue weighted by molar-refractivity contribution is -0.140. The molecule has 0 radical (unpaired) electrons. The minimum atomic E-state index is -0.731. The summed E-state index contributed by atoms with van der Waals surface area (Å²) in [5.74, 6) is -1.68. The second-order valence-corrected chi connectivity index (χ2v) is 6.49. The van der Waals surface area contributed by atoms with Crippen LogP contribution in [-0.4, -0.2) is 37.0 Å². The van der Waals surface area contributed by atoms with Gasteiger partial charge in [-0.3, -0.25) is 9.69 Å². The van der Waals surface area contributed by atoms with Crippen LogP contribution in [0.15, 0.2) is 72.6 Å².